The third-order valence-corrected chi connectivity index (χ3v) is 2.65. The highest BCUT2D eigenvalue weighted by molar-refractivity contribution is 5.71. The molecule has 1 saturated heterocycles. The number of esters is 1. The van der Waals surface area contributed by atoms with Crippen molar-refractivity contribution >= 4 is 5.97 Å². The zero-order valence-corrected chi connectivity index (χ0v) is 8.55. The predicted octanol–water partition coefficient (Wildman–Crippen LogP) is 2.91. The van der Waals surface area contributed by atoms with Crippen molar-refractivity contribution in [1.82, 2.24) is 0 Å². The number of hydrogen-bond acceptors (Lipinski definition) is 2. The number of hydrogen-bond donors (Lipinski definition) is 0. The third-order valence-electron chi connectivity index (χ3n) is 2.65. The fraction of sp³-hybridized carbons (Fsp3) is 0.909. The van der Waals surface area contributed by atoms with Crippen LogP contribution in [0.15, 0.2) is 0 Å². The van der Waals surface area contributed by atoms with Gasteiger partial charge in [-0.15, -0.1) is 0 Å². The highest BCUT2D eigenvalue weighted by Crippen LogP contribution is 2.20. The van der Waals surface area contributed by atoms with Crippen LogP contribution in [0.1, 0.15) is 51.9 Å². The van der Waals surface area contributed by atoms with E-state index in [0.29, 0.717) is 18.9 Å². The average Bonchev–Trinajstić information content (AvgIpc) is 2.51. The Balaban J connectivity index is 1.91. The van der Waals surface area contributed by atoms with Gasteiger partial charge in [0.15, 0.2) is 0 Å². The lowest BCUT2D eigenvalue weighted by Crippen LogP contribution is -1.98. The number of cyclic esters (lactones) is 1. The summed E-state index contributed by atoms with van der Waals surface area (Å²) in [7, 11) is 0. The third kappa shape index (κ3) is 4.30. The van der Waals surface area contributed by atoms with Crippen LogP contribution in [0.4, 0.5) is 0 Å². The molecule has 76 valence electrons. The Morgan fingerprint density at radius 3 is 2.69 bits per heavy atom. The minimum atomic E-state index is -0.00134. The lowest BCUT2D eigenvalue weighted by molar-refractivity contribution is -0.137. The van der Waals surface area contributed by atoms with Crippen molar-refractivity contribution in [2.75, 3.05) is 6.61 Å². The molecule has 0 unspecified atom stereocenters. The molecule has 2 heteroatoms. The Hall–Kier alpha value is -0.530. The summed E-state index contributed by atoms with van der Waals surface area (Å²) in [5, 5.41) is 0. The molecule has 0 aliphatic carbocycles. The number of carbonyl (C=O) groups is 1. The van der Waals surface area contributed by atoms with Crippen molar-refractivity contribution < 1.29 is 9.53 Å². The topological polar surface area (TPSA) is 26.3 Å². The van der Waals surface area contributed by atoms with E-state index in [4.69, 9.17) is 4.74 Å². The Bertz CT molecular complexity index is 154. The highest BCUT2D eigenvalue weighted by Gasteiger charge is 2.22. The molecule has 0 N–H and O–H groups in total. The molecule has 1 rings (SSSR count). The second-order valence-corrected chi connectivity index (χ2v) is 3.96. The molecular formula is C11H20O2. The van der Waals surface area contributed by atoms with E-state index in [2.05, 4.69) is 6.92 Å². The first kappa shape index (κ1) is 10.6. The van der Waals surface area contributed by atoms with Gasteiger partial charge in [-0.3, -0.25) is 4.79 Å². The average molecular weight is 184 g/mol. The van der Waals surface area contributed by atoms with Crippen LogP contribution in [0.2, 0.25) is 0 Å². The summed E-state index contributed by atoms with van der Waals surface area (Å²) in [6.45, 7) is 2.90. The molecule has 0 saturated carbocycles. The molecular weight excluding hydrogens is 164 g/mol. The van der Waals surface area contributed by atoms with Gasteiger partial charge in [0.05, 0.1) is 13.0 Å². The number of ether oxygens (including phenoxy) is 1. The summed E-state index contributed by atoms with van der Waals surface area (Å²) in [4.78, 5) is 10.8. The molecule has 0 radical (unpaired) electrons. The van der Waals surface area contributed by atoms with Crippen molar-refractivity contribution in [3.63, 3.8) is 0 Å². The first-order chi connectivity index (χ1) is 6.33. The van der Waals surface area contributed by atoms with E-state index in [1.807, 2.05) is 0 Å². The Morgan fingerprint density at radius 2 is 2.08 bits per heavy atom. The van der Waals surface area contributed by atoms with Gasteiger partial charge in [0.1, 0.15) is 0 Å². The van der Waals surface area contributed by atoms with Crippen LogP contribution in [-0.4, -0.2) is 12.6 Å². The minimum absolute atomic E-state index is 0.00134. The summed E-state index contributed by atoms with van der Waals surface area (Å²) in [6, 6.07) is 0. The Labute approximate surface area is 80.7 Å². The van der Waals surface area contributed by atoms with Crippen LogP contribution >= 0.6 is 0 Å². The predicted molar refractivity (Wildman–Crippen MR) is 52.4 cm³/mol. The summed E-state index contributed by atoms with van der Waals surface area (Å²) in [5.74, 6) is 0.521. The largest absolute Gasteiger partial charge is 0.465 e. The van der Waals surface area contributed by atoms with E-state index in [0.717, 1.165) is 0 Å². The zero-order chi connectivity index (χ0) is 9.52. The normalized spacial score (nSPS) is 21.9. The van der Waals surface area contributed by atoms with Crippen LogP contribution in [0, 0.1) is 5.92 Å². The smallest absolute Gasteiger partial charge is 0.306 e. The van der Waals surface area contributed by atoms with E-state index in [1.165, 1.54) is 38.5 Å². The summed E-state index contributed by atoms with van der Waals surface area (Å²) in [5.41, 5.74) is 0. The molecule has 0 amide bonds. The molecule has 1 aliphatic heterocycles. The lowest BCUT2D eigenvalue weighted by Gasteiger charge is -2.04. The second kappa shape index (κ2) is 6.01. The molecule has 1 heterocycles. The van der Waals surface area contributed by atoms with E-state index < -0.39 is 0 Å². The van der Waals surface area contributed by atoms with Gasteiger partial charge in [-0.2, -0.15) is 0 Å². The van der Waals surface area contributed by atoms with E-state index in [9.17, 15) is 4.79 Å². The van der Waals surface area contributed by atoms with Gasteiger partial charge >= 0.3 is 5.97 Å². The first-order valence-corrected chi connectivity index (χ1v) is 5.48. The maximum absolute atomic E-state index is 10.8. The van der Waals surface area contributed by atoms with E-state index in [-0.39, 0.29) is 5.97 Å². The van der Waals surface area contributed by atoms with Crippen LogP contribution in [-0.2, 0) is 9.53 Å². The summed E-state index contributed by atoms with van der Waals surface area (Å²) >= 11 is 0. The monoisotopic (exact) mass is 184 g/mol. The molecule has 1 aliphatic rings. The van der Waals surface area contributed by atoms with Gasteiger partial charge in [-0.1, -0.05) is 39.0 Å². The molecule has 0 aromatic carbocycles. The van der Waals surface area contributed by atoms with E-state index >= 15 is 0 Å². The quantitative estimate of drug-likeness (QED) is 0.468. The van der Waals surface area contributed by atoms with Crippen molar-refractivity contribution in [1.29, 1.82) is 0 Å². The lowest BCUT2D eigenvalue weighted by atomic mass is 10.00. The minimum Gasteiger partial charge on any atom is -0.465 e. The maximum atomic E-state index is 10.8. The molecule has 0 aromatic rings. The Morgan fingerprint density at radius 1 is 1.31 bits per heavy atom. The van der Waals surface area contributed by atoms with Crippen LogP contribution in [0.5, 0.6) is 0 Å². The van der Waals surface area contributed by atoms with Gasteiger partial charge in [0.25, 0.3) is 0 Å². The molecule has 0 spiro atoms. The first-order valence-electron chi connectivity index (χ1n) is 5.48. The van der Waals surface area contributed by atoms with Crippen molar-refractivity contribution in [2.24, 2.45) is 5.92 Å². The van der Waals surface area contributed by atoms with Gasteiger partial charge in [-0.25, -0.2) is 0 Å². The second-order valence-electron chi connectivity index (χ2n) is 3.96. The molecule has 13 heavy (non-hydrogen) atoms. The van der Waals surface area contributed by atoms with Gasteiger partial charge in [0.2, 0.25) is 0 Å². The van der Waals surface area contributed by atoms with Gasteiger partial charge < -0.3 is 4.74 Å². The van der Waals surface area contributed by atoms with Crippen molar-refractivity contribution in [3.8, 4) is 0 Å². The number of carbonyl (C=O) groups excluding carboxylic acids is 1. The molecule has 1 fully saturated rings. The van der Waals surface area contributed by atoms with E-state index in [1.54, 1.807) is 0 Å². The summed E-state index contributed by atoms with van der Waals surface area (Å²) in [6.07, 6.45) is 8.41. The SMILES string of the molecule is CCCCCCC[C@@H]1COC(=O)C1. The van der Waals surface area contributed by atoms with Gasteiger partial charge in [-0.05, 0) is 6.42 Å². The van der Waals surface area contributed by atoms with Crippen molar-refractivity contribution in [2.45, 2.75) is 51.9 Å². The highest BCUT2D eigenvalue weighted by atomic mass is 16.5. The summed E-state index contributed by atoms with van der Waals surface area (Å²) < 4.78 is 4.90. The van der Waals surface area contributed by atoms with Gasteiger partial charge in [0, 0.05) is 5.92 Å². The van der Waals surface area contributed by atoms with Crippen LogP contribution < -0.4 is 0 Å². The van der Waals surface area contributed by atoms with Crippen molar-refractivity contribution in [3.05, 3.63) is 0 Å². The molecule has 1 atom stereocenters. The van der Waals surface area contributed by atoms with Crippen LogP contribution in [0.25, 0.3) is 0 Å². The zero-order valence-electron chi connectivity index (χ0n) is 8.55. The van der Waals surface area contributed by atoms with Crippen LogP contribution in [0.3, 0.4) is 0 Å². The maximum Gasteiger partial charge on any atom is 0.306 e. The number of rotatable bonds is 6. The molecule has 2 nitrogen and oxygen atoms in total. The number of unbranched alkanes of at least 4 members (excludes halogenated alkanes) is 4. The Kier molecular flexibility index (Phi) is 4.87. The molecule has 0 aromatic heterocycles. The fourth-order valence-electron chi connectivity index (χ4n) is 1.79. The fourth-order valence-corrected chi connectivity index (χ4v) is 1.79. The standard InChI is InChI=1S/C11H20O2/c1-2-3-4-5-6-7-10-8-11(12)13-9-10/h10H,2-9H2,1H3/t10-/m0/s1. The molecule has 0 bridgehead atoms.